The van der Waals surface area contributed by atoms with Crippen LogP contribution in [0.15, 0.2) is 18.2 Å². The number of nitrogens with one attached hydrogen (secondary N) is 1. The molecule has 20 heavy (non-hydrogen) atoms. The number of aliphatic hydroxyl groups excluding tert-OH is 1. The summed E-state index contributed by atoms with van der Waals surface area (Å²) in [5.74, 6) is 1.77. The molecule has 0 aliphatic carbocycles. The minimum atomic E-state index is -0.377. The molecule has 1 saturated heterocycles. The van der Waals surface area contributed by atoms with Crippen molar-refractivity contribution in [2.24, 2.45) is 5.92 Å². The predicted octanol–water partition coefficient (Wildman–Crippen LogP) is 1.36. The molecule has 0 amide bonds. The number of benzene rings is 1. The summed E-state index contributed by atoms with van der Waals surface area (Å²) in [5, 5.41) is 10.2. The van der Waals surface area contributed by atoms with Crippen molar-refractivity contribution in [3.8, 4) is 5.75 Å². The van der Waals surface area contributed by atoms with Crippen LogP contribution in [0.4, 0.5) is 0 Å². The Labute approximate surface area is 122 Å². The van der Waals surface area contributed by atoms with E-state index in [4.69, 9.17) is 4.74 Å². The van der Waals surface area contributed by atoms with Crippen LogP contribution in [-0.4, -0.2) is 37.5 Å². The quantitative estimate of drug-likeness (QED) is 0.853. The van der Waals surface area contributed by atoms with Gasteiger partial charge in [-0.05, 0) is 43.7 Å². The average Bonchev–Trinajstić information content (AvgIpc) is 2.41. The van der Waals surface area contributed by atoms with Gasteiger partial charge in [-0.2, -0.15) is 0 Å². The Balaban J connectivity index is 1.79. The van der Waals surface area contributed by atoms with Crippen molar-refractivity contribution in [3.05, 3.63) is 29.3 Å². The normalized spacial score (nSPS) is 24.4. The second kappa shape index (κ2) is 7.09. The van der Waals surface area contributed by atoms with Crippen LogP contribution in [0.3, 0.4) is 0 Å². The fourth-order valence-corrected chi connectivity index (χ4v) is 2.97. The summed E-state index contributed by atoms with van der Waals surface area (Å²) in [6.07, 6.45) is 2.18. The molecule has 0 unspecified atom stereocenters. The van der Waals surface area contributed by atoms with Crippen molar-refractivity contribution in [1.82, 2.24) is 0 Å². The predicted molar refractivity (Wildman–Crippen MR) is 81.4 cm³/mol. The maximum Gasteiger partial charge on any atom is 0.137 e. The lowest BCUT2D eigenvalue weighted by Crippen LogP contribution is -3.14. The van der Waals surface area contributed by atoms with Crippen LogP contribution < -0.4 is 9.64 Å². The number of hydrogen-bond acceptors (Lipinski definition) is 2. The molecule has 0 aromatic heterocycles. The Kier molecular flexibility index (Phi) is 5.44. The SMILES string of the molecule is Cc1cccc(C)c1OC[C@@H](O)C[NH+]1CCC(C)CC1. The zero-order chi connectivity index (χ0) is 14.5. The maximum atomic E-state index is 10.2. The molecule has 0 saturated carbocycles. The summed E-state index contributed by atoms with van der Waals surface area (Å²) in [4.78, 5) is 1.51. The molecule has 0 bridgehead atoms. The molecular formula is C17H28NO2+. The summed E-state index contributed by atoms with van der Waals surface area (Å²) in [6.45, 7) is 9.97. The van der Waals surface area contributed by atoms with Crippen LogP contribution in [0.5, 0.6) is 5.75 Å². The highest BCUT2D eigenvalue weighted by Crippen LogP contribution is 2.22. The lowest BCUT2D eigenvalue weighted by atomic mass is 9.99. The summed E-state index contributed by atoms with van der Waals surface area (Å²) >= 11 is 0. The van der Waals surface area contributed by atoms with E-state index < -0.39 is 0 Å². The summed E-state index contributed by atoms with van der Waals surface area (Å²) in [6, 6.07) is 6.13. The fourth-order valence-electron chi connectivity index (χ4n) is 2.97. The van der Waals surface area contributed by atoms with Gasteiger partial charge in [0.25, 0.3) is 0 Å². The van der Waals surface area contributed by atoms with E-state index in [2.05, 4.69) is 6.92 Å². The maximum absolute atomic E-state index is 10.2. The van der Waals surface area contributed by atoms with Crippen LogP contribution in [-0.2, 0) is 0 Å². The molecule has 3 nitrogen and oxygen atoms in total. The number of rotatable bonds is 5. The Morgan fingerprint density at radius 2 is 1.85 bits per heavy atom. The number of piperidine rings is 1. The Morgan fingerprint density at radius 3 is 2.45 bits per heavy atom. The number of aliphatic hydroxyl groups is 1. The zero-order valence-electron chi connectivity index (χ0n) is 13.0. The van der Waals surface area contributed by atoms with Crippen molar-refractivity contribution in [3.63, 3.8) is 0 Å². The minimum absolute atomic E-state index is 0.377. The third kappa shape index (κ3) is 4.22. The first kappa shape index (κ1) is 15.3. The van der Waals surface area contributed by atoms with Gasteiger partial charge in [0.1, 0.15) is 25.0 Å². The van der Waals surface area contributed by atoms with Crippen LogP contribution in [0.1, 0.15) is 30.9 Å². The van der Waals surface area contributed by atoms with Gasteiger partial charge in [-0.3, -0.25) is 0 Å². The fraction of sp³-hybridized carbons (Fsp3) is 0.647. The highest BCUT2D eigenvalue weighted by molar-refractivity contribution is 5.39. The first-order valence-corrected chi connectivity index (χ1v) is 7.77. The molecule has 0 radical (unpaired) electrons. The number of para-hydroxylation sites is 1. The van der Waals surface area contributed by atoms with Gasteiger partial charge in [0.2, 0.25) is 0 Å². The lowest BCUT2D eigenvalue weighted by molar-refractivity contribution is -0.909. The van der Waals surface area contributed by atoms with Gasteiger partial charge in [0, 0.05) is 0 Å². The van der Waals surface area contributed by atoms with Gasteiger partial charge < -0.3 is 14.7 Å². The first-order valence-electron chi connectivity index (χ1n) is 7.77. The van der Waals surface area contributed by atoms with Crippen molar-refractivity contribution in [2.45, 2.75) is 39.7 Å². The number of quaternary nitrogens is 1. The standard InChI is InChI=1S/C17H27NO2/c1-13-7-9-18(10-8-13)11-16(19)12-20-17-14(2)5-4-6-15(17)3/h4-6,13,16,19H,7-12H2,1-3H3/p+1/t16-/m0/s1. The second-order valence-corrected chi connectivity index (χ2v) is 6.32. The average molecular weight is 278 g/mol. The van der Waals surface area contributed by atoms with Crippen molar-refractivity contribution >= 4 is 0 Å². The lowest BCUT2D eigenvalue weighted by Gasteiger charge is -2.28. The highest BCUT2D eigenvalue weighted by atomic mass is 16.5. The van der Waals surface area contributed by atoms with Gasteiger partial charge in [-0.15, -0.1) is 0 Å². The van der Waals surface area contributed by atoms with E-state index in [0.29, 0.717) is 6.61 Å². The number of ether oxygens (including phenoxy) is 1. The monoisotopic (exact) mass is 278 g/mol. The van der Waals surface area contributed by atoms with Gasteiger partial charge in [-0.25, -0.2) is 0 Å². The van der Waals surface area contributed by atoms with Gasteiger partial charge in [0.05, 0.1) is 13.1 Å². The van der Waals surface area contributed by atoms with E-state index in [1.807, 2.05) is 32.0 Å². The number of aryl methyl sites for hydroxylation is 2. The third-order valence-electron chi connectivity index (χ3n) is 4.33. The highest BCUT2D eigenvalue weighted by Gasteiger charge is 2.22. The van der Waals surface area contributed by atoms with Gasteiger partial charge in [0.15, 0.2) is 0 Å². The molecule has 2 N–H and O–H groups in total. The van der Waals surface area contributed by atoms with Crippen molar-refractivity contribution < 1.29 is 14.7 Å². The van der Waals surface area contributed by atoms with Crippen molar-refractivity contribution in [2.75, 3.05) is 26.2 Å². The van der Waals surface area contributed by atoms with Crippen LogP contribution >= 0.6 is 0 Å². The zero-order valence-corrected chi connectivity index (χ0v) is 13.0. The summed E-state index contributed by atoms with van der Waals surface area (Å²) < 4.78 is 5.83. The molecule has 112 valence electrons. The Morgan fingerprint density at radius 1 is 1.25 bits per heavy atom. The molecule has 1 aliphatic rings. The minimum Gasteiger partial charge on any atom is -0.490 e. The van der Waals surface area contributed by atoms with Crippen LogP contribution in [0.25, 0.3) is 0 Å². The molecule has 1 fully saturated rings. The molecule has 2 rings (SSSR count). The van der Waals surface area contributed by atoms with Crippen molar-refractivity contribution in [1.29, 1.82) is 0 Å². The van der Waals surface area contributed by atoms with E-state index in [0.717, 1.165) is 29.3 Å². The summed E-state index contributed by atoms with van der Waals surface area (Å²) in [7, 11) is 0. The van der Waals surface area contributed by atoms with E-state index in [-0.39, 0.29) is 6.10 Å². The molecule has 1 aliphatic heterocycles. The molecule has 3 heteroatoms. The number of likely N-dealkylation sites (tertiary alicyclic amines) is 1. The van der Waals surface area contributed by atoms with Gasteiger partial charge in [-0.1, -0.05) is 25.1 Å². The molecule has 1 heterocycles. The molecule has 1 aromatic carbocycles. The largest absolute Gasteiger partial charge is 0.490 e. The smallest absolute Gasteiger partial charge is 0.137 e. The van der Waals surface area contributed by atoms with Gasteiger partial charge >= 0.3 is 0 Å². The van der Waals surface area contributed by atoms with E-state index in [9.17, 15) is 5.11 Å². The van der Waals surface area contributed by atoms with Crippen LogP contribution in [0, 0.1) is 19.8 Å². The third-order valence-corrected chi connectivity index (χ3v) is 4.33. The second-order valence-electron chi connectivity index (χ2n) is 6.32. The Bertz CT molecular complexity index is 405. The molecule has 1 atom stereocenters. The first-order chi connectivity index (χ1) is 9.56. The topological polar surface area (TPSA) is 33.9 Å². The van der Waals surface area contributed by atoms with E-state index >= 15 is 0 Å². The Hall–Kier alpha value is -1.06. The van der Waals surface area contributed by atoms with E-state index in [1.54, 1.807) is 0 Å². The molecule has 0 spiro atoms. The van der Waals surface area contributed by atoms with E-state index in [1.165, 1.54) is 30.8 Å². The van der Waals surface area contributed by atoms with Crippen LogP contribution in [0.2, 0.25) is 0 Å². The molecule has 1 aromatic rings. The number of hydrogen-bond donors (Lipinski definition) is 2. The summed E-state index contributed by atoms with van der Waals surface area (Å²) in [5.41, 5.74) is 2.27. The molecular weight excluding hydrogens is 250 g/mol.